The molecule has 2 rings (SSSR count). The molecule has 1 aromatic rings. The van der Waals surface area contributed by atoms with Gasteiger partial charge in [-0.3, -0.25) is 4.79 Å². The minimum atomic E-state index is 0. The fourth-order valence-electron chi connectivity index (χ4n) is 2.51. The SMILES string of the molecule is CCNC(=NCc1ccccc1)NCCCN1CCCC1=O.I. The van der Waals surface area contributed by atoms with Gasteiger partial charge < -0.3 is 15.5 Å². The first kappa shape index (κ1) is 19.7. The van der Waals surface area contributed by atoms with Crippen LogP contribution in [0.25, 0.3) is 0 Å². The molecule has 128 valence electrons. The first-order valence-electron chi connectivity index (χ1n) is 8.13. The van der Waals surface area contributed by atoms with Gasteiger partial charge in [0.2, 0.25) is 5.91 Å². The number of carbonyl (C=O) groups excluding carboxylic acids is 1. The number of aliphatic imine (C=N–C) groups is 1. The van der Waals surface area contributed by atoms with Crippen molar-refractivity contribution in [3.63, 3.8) is 0 Å². The summed E-state index contributed by atoms with van der Waals surface area (Å²) in [6, 6.07) is 10.2. The fourth-order valence-corrected chi connectivity index (χ4v) is 2.51. The Morgan fingerprint density at radius 1 is 1.26 bits per heavy atom. The lowest BCUT2D eigenvalue weighted by Gasteiger charge is -2.16. The lowest BCUT2D eigenvalue weighted by atomic mass is 10.2. The van der Waals surface area contributed by atoms with Crippen LogP contribution in [0.4, 0.5) is 0 Å². The summed E-state index contributed by atoms with van der Waals surface area (Å²) in [6.07, 6.45) is 2.67. The third-order valence-electron chi connectivity index (χ3n) is 3.68. The Kier molecular flexibility index (Phi) is 9.66. The molecule has 0 atom stereocenters. The summed E-state index contributed by atoms with van der Waals surface area (Å²) in [6.45, 7) is 6.14. The van der Waals surface area contributed by atoms with Gasteiger partial charge >= 0.3 is 0 Å². The Labute approximate surface area is 156 Å². The molecule has 6 heteroatoms. The number of rotatable bonds is 7. The van der Waals surface area contributed by atoms with Crippen molar-refractivity contribution in [3.8, 4) is 0 Å². The predicted octanol–water partition coefficient (Wildman–Crippen LogP) is 2.37. The van der Waals surface area contributed by atoms with Gasteiger partial charge in [0.15, 0.2) is 5.96 Å². The van der Waals surface area contributed by atoms with Crippen molar-refractivity contribution in [1.82, 2.24) is 15.5 Å². The predicted molar refractivity (Wildman–Crippen MR) is 105 cm³/mol. The Morgan fingerprint density at radius 2 is 2.04 bits per heavy atom. The Morgan fingerprint density at radius 3 is 2.70 bits per heavy atom. The maximum absolute atomic E-state index is 11.5. The molecule has 0 aromatic heterocycles. The first-order valence-corrected chi connectivity index (χ1v) is 8.13. The van der Waals surface area contributed by atoms with Crippen LogP contribution in [0.15, 0.2) is 35.3 Å². The highest BCUT2D eigenvalue weighted by Gasteiger charge is 2.18. The van der Waals surface area contributed by atoms with E-state index in [2.05, 4.69) is 34.7 Å². The smallest absolute Gasteiger partial charge is 0.222 e. The maximum Gasteiger partial charge on any atom is 0.222 e. The van der Waals surface area contributed by atoms with E-state index in [1.807, 2.05) is 23.1 Å². The molecule has 0 aliphatic carbocycles. The van der Waals surface area contributed by atoms with E-state index in [-0.39, 0.29) is 24.0 Å². The normalized spacial score (nSPS) is 14.6. The van der Waals surface area contributed by atoms with Crippen LogP contribution in [-0.4, -0.2) is 42.9 Å². The summed E-state index contributed by atoms with van der Waals surface area (Å²) in [4.78, 5) is 18.1. The zero-order chi connectivity index (χ0) is 15.6. The number of hydrogen-bond donors (Lipinski definition) is 2. The summed E-state index contributed by atoms with van der Waals surface area (Å²) < 4.78 is 0. The molecule has 5 nitrogen and oxygen atoms in total. The molecule has 1 aromatic carbocycles. The van der Waals surface area contributed by atoms with Crippen LogP contribution in [-0.2, 0) is 11.3 Å². The maximum atomic E-state index is 11.5. The van der Waals surface area contributed by atoms with Crippen molar-refractivity contribution in [3.05, 3.63) is 35.9 Å². The van der Waals surface area contributed by atoms with Gasteiger partial charge in [0, 0.05) is 32.6 Å². The second-order valence-electron chi connectivity index (χ2n) is 5.45. The van der Waals surface area contributed by atoms with Crippen molar-refractivity contribution in [2.75, 3.05) is 26.2 Å². The van der Waals surface area contributed by atoms with Gasteiger partial charge in [-0.25, -0.2) is 4.99 Å². The van der Waals surface area contributed by atoms with Crippen LogP contribution < -0.4 is 10.6 Å². The number of guanidine groups is 1. The summed E-state index contributed by atoms with van der Waals surface area (Å²) in [5, 5.41) is 6.58. The highest BCUT2D eigenvalue weighted by molar-refractivity contribution is 14.0. The van der Waals surface area contributed by atoms with Crippen molar-refractivity contribution < 1.29 is 4.79 Å². The second-order valence-corrected chi connectivity index (χ2v) is 5.45. The number of amides is 1. The van der Waals surface area contributed by atoms with Gasteiger partial charge in [-0.15, -0.1) is 24.0 Å². The van der Waals surface area contributed by atoms with E-state index in [0.717, 1.165) is 45.0 Å². The largest absolute Gasteiger partial charge is 0.357 e. The number of hydrogen-bond acceptors (Lipinski definition) is 2. The molecule has 0 spiro atoms. The van der Waals surface area contributed by atoms with Crippen LogP contribution in [0.3, 0.4) is 0 Å². The van der Waals surface area contributed by atoms with Crippen molar-refractivity contribution in [1.29, 1.82) is 0 Å². The summed E-state index contributed by atoms with van der Waals surface area (Å²) >= 11 is 0. The molecule has 1 heterocycles. The van der Waals surface area contributed by atoms with Gasteiger partial charge in [0.1, 0.15) is 0 Å². The molecular weight excluding hydrogens is 403 g/mol. The summed E-state index contributed by atoms with van der Waals surface area (Å²) in [5.41, 5.74) is 1.20. The van der Waals surface area contributed by atoms with Gasteiger partial charge in [0.25, 0.3) is 0 Å². The van der Waals surface area contributed by atoms with Gasteiger partial charge in [-0.1, -0.05) is 30.3 Å². The van der Waals surface area contributed by atoms with Crippen LogP contribution in [0.1, 0.15) is 31.7 Å². The lowest BCUT2D eigenvalue weighted by molar-refractivity contribution is -0.127. The van der Waals surface area contributed by atoms with E-state index >= 15 is 0 Å². The standard InChI is InChI=1S/C17H26N4O.HI/c1-2-18-17(20-14-15-8-4-3-5-9-15)19-11-7-13-21-12-6-10-16(21)22;/h3-5,8-9H,2,6-7,10-14H2,1H3,(H2,18,19,20);1H. The van der Waals surface area contributed by atoms with Crippen LogP contribution in [0.5, 0.6) is 0 Å². The zero-order valence-corrected chi connectivity index (χ0v) is 16.1. The molecule has 0 saturated carbocycles. The van der Waals surface area contributed by atoms with Crippen molar-refractivity contribution in [2.45, 2.75) is 32.7 Å². The van der Waals surface area contributed by atoms with E-state index in [4.69, 9.17) is 0 Å². The van der Waals surface area contributed by atoms with E-state index in [1.54, 1.807) is 0 Å². The monoisotopic (exact) mass is 430 g/mol. The number of nitrogens with zero attached hydrogens (tertiary/aromatic N) is 2. The molecule has 0 unspecified atom stereocenters. The Hall–Kier alpha value is -1.31. The fraction of sp³-hybridized carbons (Fsp3) is 0.529. The van der Waals surface area contributed by atoms with Crippen molar-refractivity contribution >= 4 is 35.8 Å². The average molecular weight is 430 g/mol. The average Bonchev–Trinajstić information content (AvgIpc) is 2.95. The van der Waals surface area contributed by atoms with E-state index in [1.165, 1.54) is 5.56 Å². The Bertz CT molecular complexity index is 493. The highest BCUT2D eigenvalue weighted by Crippen LogP contribution is 2.09. The summed E-state index contributed by atoms with van der Waals surface area (Å²) in [7, 11) is 0. The van der Waals surface area contributed by atoms with Gasteiger partial charge in [-0.05, 0) is 25.3 Å². The zero-order valence-electron chi connectivity index (χ0n) is 13.8. The molecule has 1 fully saturated rings. The third-order valence-corrected chi connectivity index (χ3v) is 3.68. The lowest BCUT2D eigenvalue weighted by Crippen LogP contribution is -2.39. The van der Waals surface area contributed by atoms with Crippen LogP contribution in [0.2, 0.25) is 0 Å². The first-order chi connectivity index (χ1) is 10.8. The molecule has 1 aliphatic heterocycles. The van der Waals surface area contributed by atoms with Crippen molar-refractivity contribution in [2.24, 2.45) is 4.99 Å². The Balaban J connectivity index is 0.00000264. The highest BCUT2D eigenvalue weighted by atomic mass is 127. The van der Waals surface area contributed by atoms with E-state index in [0.29, 0.717) is 18.9 Å². The molecule has 2 N–H and O–H groups in total. The number of carbonyl (C=O) groups is 1. The molecular formula is C17H27IN4O. The molecule has 1 saturated heterocycles. The van der Waals surface area contributed by atoms with Crippen LogP contribution >= 0.6 is 24.0 Å². The minimum Gasteiger partial charge on any atom is -0.357 e. The number of nitrogens with one attached hydrogen (secondary N) is 2. The quantitative estimate of drug-likeness (QED) is 0.302. The molecule has 1 aliphatic rings. The third kappa shape index (κ3) is 7.20. The number of halogens is 1. The van der Waals surface area contributed by atoms with Gasteiger partial charge in [-0.2, -0.15) is 0 Å². The van der Waals surface area contributed by atoms with Gasteiger partial charge in [0.05, 0.1) is 6.54 Å². The van der Waals surface area contributed by atoms with E-state index in [9.17, 15) is 4.79 Å². The molecule has 0 bridgehead atoms. The molecule has 0 radical (unpaired) electrons. The minimum absolute atomic E-state index is 0. The topological polar surface area (TPSA) is 56.7 Å². The second kappa shape index (κ2) is 11.3. The van der Waals surface area contributed by atoms with Crippen LogP contribution in [0, 0.1) is 0 Å². The number of benzene rings is 1. The number of likely N-dealkylation sites (tertiary alicyclic amines) is 1. The summed E-state index contributed by atoms with van der Waals surface area (Å²) in [5.74, 6) is 1.13. The molecule has 23 heavy (non-hydrogen) atoms. The van der Waals surface area contributed by atoms with E-state index < -0.39 is 0 Å². The molecule has 1 amide bonds.